The van der Waals surface area contributed by atoms with Gasteiger partial charge in [-0.3, -0.25) is 9.48 Å². The molecule has 3 rings (SSSR count). The number of nitrogens with one attached hydrogen (secondary N) is 1. The Morgan fingerprint density at radius 2 is 2.22 bits per heavy atom. The number of carbonyl (C=O) groups excluding carboxylic acids is 1. The molecule has 0 aliphatic carbocycles. The lowest BCUT2D eigenvalue weighted by Gasteiger charge is -2.05. The van der Waals surface area contributed by atoms with Crippen LogP contribution in [-0.2, 0) is 6.54 Å². The smallest absolute Gasteiger partial charge is 0.291 e. The number of anilines is 1. The molecule has 23 heavy (non-hydrogen) atoms. The van der Waals surface area contributed by atoms with Gasteiger partial charge >= 0.3 is 0 Å². The molecular weight excluding hydrogens is 321 g/mol. The lowest BCUT2D eigenvalue weighted by atomic mass is 10.2. The summed E-state index contributed by atoms with van der Waals surface area (Å²) in [6, 6.07) is 7.69. The van der Waals surface area contributed by atoms with E-state index in [1.807, 2.05) is 6.92 Å². The minimum absolute atomic E-state index is 0.0964. The Morgan fingerprint density at radius 3 is 2.96 bits per heavy atom. The van der Waals surface area contributed by atoms with E-state index in [1.54, 1.807) is 29.1 Å². The highest BCUT2D eigenvalue weighted by molar-refractivity contribution is 6.30. The number of aromatic nitrogens is 2. The van der Waals surface area contributed by atoms with Crippen LogP contribution in [0.1, 0.15) is 21.9 Å². The second-order valence-corrected chi connectivity index (χ2v) is 5.50. The highest BCUT2D eigenvalue weighted by atomic mass is 35.5. The third-order valence-electron chi connectivity index (χ3n) is 3.18. The van der Waals surface area contributed by atoms with E-state index < -0.39 is 11.7 Å². The molecule has 3 aromatic rings. The Hall–Kier alpha value is -2.60. The number of hydrogen-bond donors (Lipinski definition) is 1. The van der Waals surface area contributed by atoms with Crippen LogP contribution in [0.4, 0.5) is 10.1 Å². The van der Waals surface area contributed by atoms with Gasteiger partial charge in [0.1, 0.15) is 11.6 Å². The van der Waals surface area contributed by atoms with Crippen molar-refractivity contribution in [3.63, 3.8) is 0 Å². The summed E-state index contributed by atoms with van der Waals surface area (Å²) in [6.07, 6.45) is 3.16. The Labute approximate surface area is 136 Å². The van der Waals surface area contributed by atoms with Crippen molar-refractivity contribution in [1.82, 2.24) is 9.78 Å². The van der Waals surface area contributed by atoms with E-state index in [1.165, 1.54) is 18.3 Å². The quantitative estimate of drug-likeness (QED) is 0.788. The summed E-state index contributed by atoms with van der Waals surface area (Å²) in [4.78, 5) is 12.1. The first-order valence-electron chi connectivity index (χ1n) is 6.85. The molecule has 0 unspecified atom stereocenters. The van der Waals surface area contributed by atoms with Crippen molar-refractivity contribution >= 4 is 23.2 Å². The second kappa shape index (κ2) is 6.26. The molecule has 0 saturated heterocycles. The lowest BCUT2D eigenvalue weighted by molar-refractivity contribution is 0.0994. The van der Waals surface area contributed by atoms with E-state index in [0.29, 0.717) is 17.3 Å². The van der Waals surface area contributed by atoms with Crippen LogP contribution >= 0.6 is 11.6 Å². The number of rotatable bonds is 4. The Morgan fingerprint density at radius 1 is 1.39 bits per heavy atom. The number of nitrogens with zero attached hydrogens (tertiary/aromatic N) is 2. The van der Waals surface area contributed by atoms with Crippen LogP contribution in [0.25, 0.3) is 0 Å². The molecule has 2 aromatic heterocycles. The monoisotopic (exact) mass is 333 g/mol. The first-order chi connectivity index (χ1) is 11.0. The predicted molar refractivity (Wildman–Crippen MR) is 84.1 cm³/mol. The molecule has 2 heterocycles. The van der Waals surface area contributed by atoms with Crippen molar-refractivity contribution in [3.8, 4) is 0 Å². The zero-order valence-electron chi connectivity index (χ0n) is 12.2. The predicted octanol–water partition coefficient (Wildman–Crippen LogP) is 3.88. The van der Waals surface area contributed by atoms with E-state index >= 15 is 0 Å². The summed E-state index contributed by atoms with van der Waals surface area (Å²) in [5.74, 6) is -0.375. The Balaban J connectivity index is 1.72. The molecule has 0 aliphatic rings. The maximum absolute atomic E-state index is 13.7. The van der Waals surface area contributed by atoms with E-state index in [4.69, 9.17) is 16.0 Å². The fraction of sp³-hybridized carbons (Fsp3) is 0.125. The van der Waals surface area contributed by atoms with Crippen molar-refractivity contribution in [2.24, 2.45) is 0 Å². The highest BCUT2D eigenvalue weighted by Gasteiger charge is 2.14. The van der Waals surface area contributed by atoms with E-state index in [9.17, 15) is 9.18 Å². The minimum Gasteiger partial charge on any atom is -0.454 e. The first-order valence-corrected chi connectivity index (χ1v) is 7.23. The number of aryl methyl sites for hydroxylation is 1. The maximum atomic E-state index is 13.7. The number of carbonyl (C=O) groups is 1. The SMILES string of the molecule is Cc1ccc(F)c(NC(=O)c2ccc(Cn3cc(Cl)cn3)o2)c1. The van der Waals surface area contributed by atoms with Crippen LogP contribution in [0, 0.1) is 12.7 Å². The van der Waals surface area contributed by atoms with Gasteiger partial charge in [-0.15, -0.1) is 0 Å². The van der Waals surface area contributed by atoms with Crippen molar-refractivity contribution in [2.75, 3.05) is 5.32 Å². The molecule has 1 amide bonds. The minimum atomic E-state index is -0.515. The molecule has 0 atom stereocenters. The van der Waals surface area contributed by atoms with Gasteiger partial charge in [0.05, 0.1) is 23.5 Å². The average molecular weight is 334 g/mol. The summed E-state index contributed by atoms with van der Waals surface area (Å²) in [5.41, 5.74) is 0.962. The zero-order chi connectivity index (χ0) is 16.4. The largest absolute Gasteiger partial charge is 0.454 e. The summed E-state index contributed by atoms with van der Waals surface area (Å²) in [6.45, 7) is 2.16. The summed E-state index contributed by atoms with van der Waals surface area (Å²) < 4.78 is 20.7. The van der Waals surface area contributed by atoms with Gasteiger partial charge in [-0.25, -0.2) is 4.39 Å². The summed E-state index contributed by atoms with van der Waals surface area (Å²) in [5, 5.41) is 7.04. The van der Waals surface area contributed by atoms with Gasteiger partial charge in [-0.05, 0) is 36.8 Å². The van der Waals surface area contributed by atoms with E-state index in [-0.39, 0.29) is 11.4 Å². The molecule has 5 nitrogen and oxygen atoms in total. The zero-order valence-corrected chi connectivity index (χ0v) is 13.0. The van der Waals surface area contributed by atoms with Gasteiger partial charge in [-0.2, -0.15) is 5.10 Å². The van der Waals surface area contributed by atoms with Gasteiger partial charge < -0.3 is 9.73 Å². The standard InChI is InChI=1S/C16H13ClFN3O2/c1-10-2-4-13(18)14(6-10)20-16(22)15-5-3-12(23-15)9-21-8-11(17)7-19-21/h2-8H,9H2,1H3,(H,20,22). The lowest BCUT2D eigenvalue weighted by Crippen LogP contribution is -2.12. The van der Waals surface area contributed by atoms with Gasteiger partial charge in [0.25, 0.3) is 5.91 Å². The van der Waals surface area contributed by atoms with Crippen LogP contribution in [0.15, 0.2) is 47.1 Å². The third-order valence-corrected chi connectivity index (χ3v) is 3.37. The molecule has 0 radical (unpaired) electrons. The Bertz CT molecular complexity index is 857. The van der Waals surface area contributed by atoms with Gasteiger partial charge in [0.15, 0.2) is 5.76 Å². The number of halogens is 2. The van der Waals surface area contributed by atoms with E-state index in [0.717, 1.165) is 5.56 Å². The number of benzene rings is 1. The first kappa shape index (κ1) is 15.3. The fourth-order valence-electron chi connectivity index (χ4n) is 2.09. The van der Waals surface area contributed by atoms with Crippen LogP contribution in [0.3, 0.4) is 0 Å². The molecule has 0 aliphatic heterocycles. The van der Waals surface area contributed by atoms with Crippen molar-refractivity contribution in [1.29, 1.82) is 0 Å². The van der Waals surface area contributed by atoms with Gasteiger partial charge in [0.2, 0.25) is 0 Å². The van der Waals surface area contributed by atoms with Crippen LogP contribution in [-0.4, -0.2) is 15.7 Å². The average Bonchev–Trinajstić information content (AvgIpc) is 3.13. The fourth-order valence-corrected chi connectivity index (χ4v) is 2.24. The number of furan rings is 1. The van der Waals surface area contributed by atoms with Crippen molar-refractivity contribution < 1.29 is 13.6 Å². The number of amides is 1. The molecule has 118 valence electrons. The van der Waals surface area contributed by atoms with E-state index in [2.05, 4.69) is 10.4 Å². The molecular formula is C16H13ClFN3O2. The molecule has 0 bridgehead atoms. The topological polar surface area (TPSA) is 60.1 Å². The van der Waals surface area contributed by atoms with Crippen LogP contribution < -0.4 is 5.32 Å². The highest BCUT2D eigenvalue weighted by Crippen LogP contribution is 2.18. The third kappa shape index (κ3) is 3.60. The molecule has 0 saturated carbocycles. The Kier molecular flexibility index (Phi) is 4.16. The van der Waals surface area contributed by atoms with Crippen molar-refractivity contribution in [3.05, 3.63) is 70.6 Å². The summed E-state index contributed by atoms with van der Waals surface area (Å²) >= 11 is 5.79. The van der Waals surface area contributed by atoms with Crippen LogP contribution in [0.5, 0.6) is 0 Å². The van der Waals surface area contributed by atoms with Gasteiger partial charge in [-0.1, -0.05) is 17.7 Å². The molecule has 7 heteroatoms. The molecule has 1 N–H and O–H groups in total. The second-order valence-electron chi connectivity index (χ2n) is 5.06. The van der Waals surface area contributed by atoms with Crippen molar-refractivity contribution in [2.45, 2.75) is 13.5 Å². The summed E-state index contributed by atoms with van der Waals surface area (Å²) in [7, 11) is 0. The maximum Gasteiger partial charge on any atom is 0.291 e. The normalized spacial score (nSPS) is 10.7. The number of hydrogen-bond acceptors (Lipinski definition) is 3. The van der Waals surface area contributed by atoms with Gasteiger partial charge in [0, 0.05) is 6.20 Å². The molecule has 0 fully saturated rings. The molecule has 0 spiro atoms. The molecule has 1 aromatic carbocycles. The van der Waals surface area contributed by atoms with Crippen LogP contribution in [0.2, 0.25) is 5.02 Å².